The van der Waals surface area contributed by atoms with E-state index in [4.69, 9.17) is 14.6 Å². The number of ether oxygens (including phenoxy) is 2. The molecule has 5 N–H and O–H groups in total. The van der Waals surface area contributed by atoms with Gasteiger partial charge in [0.2, 0.25) is 6.29 Å². The second kappa shape index (κ2) is 7.79. The Bertz CT molecular complexity index is 628. The van der Waals surface area contributed by atoms with E-state index in [1.54, 1.807) is 12.1 Å². The third-order valence-electron chi connectivity index (χ3n) is 4.45. The van der Waals surface area contributed by atoms with Crippen molar-refractivity contribution in [3.05, 3.63) is 23.3 Å². The number of benzene rings is 1. The normalized spacial score (nSPS) is 29.2. The minimum absolute atomic E-state index is 0.00701. The van der Waals surface area contributed by atoms with E-state index in [9.17, 15) is 25.2 Å². The highest BCUT2D eigenvalue weighted by atomic mass is 16.7. The number of aliphatic hydroxyl groups is 3. The van der Waals surface area contributed by atoms with Gasteiger partial charge < -0.3 is 35.0 Å². The van der Waals surface area contributed by atoms with Crippen LogP contribution >= 0.6 is 0 Å². The zero-order chi connectivity index (χ0) is 19.8. The molecule has 1 aliphatic heterocycles. The zero-order valence-electron chi connectivity index (χ0n) is 15.2. The second-order valence-electron chi connectivity index (χ2n) is 7.11. The molecular weight excluding hydrogens is 344 g/mol. The summed E-state index contributed by atoms with van der Waals surface area (Å²) in [5.74, 6) is -1.08. The number of aliphatic carboxylic acids is 1. The number of aliphatic hydroxyl groups excluding tert-OH is 3. The minimum atomic E-state index is -1.78. The Hall–Kier alpha value is -1.87. The van der Waals surface area contributed by atoms with E-state index >= 15 is 0 Å². The first-order valence-electron chi connectivity index (χ1n) is 8.50. The SMILES string of the molecule is CC(C)c1cc(O[C@H]2O[C@@H](C(=O)O)[C@H](O)[C@@H](O)[C@H]2O)cc(C(C)C)c1O. The Morgan fingerprint density at radius 2 is 1.50 bits per heavy atom. The molecule has 0 amide bonds. The van der Waals surface area contributed by atoms with Gasteiger partial charge in [-0.25, -0.2) is 4.79 Å². The predicted molar refractivity (Wildman–Crippen MR) is 91.2 cm³/mol. The van der Waals surface area contributed by atoms with Gasteiger partial charge in [-0.1, -0.05) is 27.7 Å². The monoisotopic (exact) mass is 370 g/mol. The number of hydrogen-bond donors (Lipinski definition) is 5. The summed E-state index contributed by atoms with van der Waals surface area (Å²) in [4.78, 5) is 11.2. The summed E-state index contributed by atoms with van der Waals surface area (Å²) in [6, 6.07) is 3.16. The predicted octanol–water partition coefficient (Wildman–Crippen LogP) is 0.910. The van der Waals surface area contributed by atoms with Gasteiger partial charge in [-0.05, 0) is 24.0 Å². The molecule has 26 heavy (non-hydrogen) atoms. The number of phenols is 1. The van der Waals surface area contributed by atoms with Crippen molar-refractivity contribution in [2.24, 2.45) is 0 Å². The maximum absolute atomic E-state index is 11.2. The standard InChI is InChI=1S/C18H26O8/c1-7(2)10-5-9(6-11(8(3)4)12(10)19)25-18-15(22)13(20)14(21)16(26-18)17(23)24/h5-8,13-16,18-22H,1-4H3,(H,23,24)/t13-,14-,15-,16-,18+/m1/s1. The van der Waals surface area contributed by atoms with Gasteiger partial charge in [0.05, 0.1) is 0 Å². The smallest absolute Gasteiger partial charge is 0.335 e. The van der Waals surface area contributed by atoms with Crippen molar-refractivity contribution in [3.63, 3.8) is 0 Å². The molecule has 8 heteroatoms. The van der Waals surface area contributed by atoms with Gasteiger partial charge in [0, 0.05) is 11.1 Å². The minimum Gasteiger partial charge on any atom is -0.507 e. The van der Waals surface area contributed by atoms with Crippen LogP contribution in [-0.2, 0) is 9.53 Å². The molecule has 2 rings (SSSR count). The molecule has 1 aromatic carbocycles. The van der Waals surface area contributed by atoms with Crippen LogP contribution in [0.4, 0.5) is 0 Å². The van der Waals surface area contributed by atoms with Gasteiger partial charge in [0.1, 0.15) is 29.8 Å². The van der Waals surface area contributed by atoms with Crippen molar-refractivity contribution in [2.45, 2.75) is 70.2 Å². The van der Waals surface area contributed by atoms with Gasteiger partial charge in [-0.3, -0.25) is 0 Å². The number of rotatable bonds is 5. The van der Waals surface area contributed by atoms with Crippen molar-refractivity contribution in [1.82, 2.24) is 0 Å². The van der Waals surface area contributed by atoms with E-state index < -0.39 is 36.7 Å². The summed E-state index contributed by atoms with van der Waals surface area (Å²) in [5.41, 5.74) is 1.26. The molecule has 1 fully saturated rings. The number of phenolic OH excluding ortho intramolecular Hbond substituents is 1. The number of carbonyl (C=O) groups is 1. The molecule has 1 heterocycles. The van der Waals surface area contributed by atoms with Crippen LogP contribution in [0.2, 0.25) is 0 Å². The summed E-state index contributed by atoms with van der Waals surface area (Å²) < 4.78 is 10.7. The third kappa shape index (κ3) is 3.93. The molecule has 1 saturated heterocycles. The maximum Gasteiger partial charge on any atom is 0.335 e. The van der Waals surface area contributed by atoms with Crippen LogP contribution in [0.5, 0.6) is 11.5 Å². The molecule has 0 unspecified atom stereocenters. The number of hydrogen-bond acceptors (Lipinski definition) is 7. The highest BCUT2D eigenvalue weighted by Crippen LogP contribution is 2.38. The van der Waals surface area contributed by atoms with Crippen LogP contribution in [-0.4, -0.2) is 62.2 Å². The molecule has 1 aliphatic rings. The summed E-state index contributed by atoms with van der Waals surface area (Å²) in [6.45, 7) is 7.59. The molecular formula is C18H26O8. The Morgan fingerprint density at radius 1 is 1.00 bits per heavy atom. The maximum atomic E-state index is 11.2. The molecule has 0 spiro atoms. The number of carboxylic acids is 1. The first kappa shape index (κ1) is 20.4. The molecule has 0 bridgehead atoms. The number of carboxylic acid groups (broad SMARTS) is 1. The quantitative estimate of drug-likeness (QED) is 0.516. The van der Waals surface area contributed by atoms with E-state index in [1.165, 1.54) is 0 Å². The first-order chi connectivity index (χ1) is 12.0. The molecule has 8 nitrogen and oxygen atoms in total. The molecule has 0 radical (unpaired) electrons. The van der Waals surface area contributed by atoms with E-state index in [-0.39, 0.29) is 23.3 Å². The summed E-state index contributed by atoms with van der Waals surface area (Å²) in [6.07, 6.45) is -8.37. The highest BCUT2D eigenvalue weighted by molar-refractivity contribution is 5.73. The highest BCUT2D eigenvalue weighted by Gasteiger charge is 2.48. The fourth-order valence-corrected chi connectivity index (χ4v) is 2.88. The molecule has 0 saturated carbocycles. The lowest BCUT2D eigenvalue weighted by atomic mass is 9.93. The second-order valence-corrected chi connectivity index (χ2v) is 7.11. The lowest BCUT2D eigenvalue weighted by molar-refractivity contribution is -0.271. The molecule has 5 atom stereocenters. The van der Waals surface area contributed by atoms with Gasteiger partial charge in [0.25, 0.3) is 0 Å². The molecule has 0 aromatic heterocycles. The molecule has 1 aromatic rings. The van der Waals surface area contributed by atoms with Gasteiger partial charge in [-0.15, -0.1) is 0 Å². The van der Waals surface area contributed by atoms with Crippen LogP contribution < -0.4 is 4.74 Å². The molecule has 146 valence electrons. The van der Waals surface area contributed by atoms with Crippen molar-refractivity contribution in [1.29, 1.82) is 0 Å². The summed E-state index contributed by atoms with van der Waals surface area (Å²) in [7, 11) is 0. The topological polar surface area (TPSA) is 137 Å². The summed E-state index contributed by atoms with van der Waals surface area (Å²) in [5, 5.41) is 49.2. The lowest BCUT2D eigenvalue weighted by Gasteiger charge is -2.38. The van der Waals surface area contributed by atoms with Crippen LogP contribution in [0.25, 0.3) is 0 Å². The van der Waals surface area contributed by atoms with Crippen LogP contribution in [0.3, 0.4) is 0 Å². The fraction of sp³-hybridized carbons (Fsp3) is 0.611. The van der Waals surface area contributed by atoms with E-state index in [2.05, 4.69) is 0 Å². The van der Waals surface area contributed by atoms with Crippen LogP contribution in [0.15, 0.2) is 12.1 Å². The average Bonchev–Trinajstić information content (AvgIpc) is 2.55. The number of aromatic hydroxyl groups is 1. The fourth-order valence-electron chi connectivity index (χ4n) is 2.88. The Kier molecular flexibility index (Phi) is 6.13. The van der Waals surface area contributed by atoms with E-state index in [1.807, 2.05) is 27.7 Å². The Balaban J connectivity index is 2.35. The first-order valence-corrected chi connectivity index (χ1v) is 8.50. The summed E-state index contributed by atoms with van der Waals surface area (Å²) >= 11 is 0. The van der Waals surface area contributed by atoms with Gasteiger partial charge in [0.15, 0.2) is 6.10 Å². The third-order valence-corrected chi connectivity index (χ3v) is 4.45. The largest absolute Gasteiger partial charge is 0.507 e. The van der Waals surface area contributed by atoms with Gasteiger partial charge in [-0.2, -0.15) is 0 Å². The van der Waals surface area contributed by atoms with Crippen molar-refractivity contribution < 1.29 is 39.8 Å². The van der Waals surface area contributed by atoms with Crippen LogP contribution in [0.1, 0.15) is 50.7 Å². The Morgan fingerprint density at radius 3 is 1.92 bits per heavy atom. The van der Waals surface area contributed by atoms with E-state index in [0.29, 0.717) is 11.1 Å². The molecule has 0 aliphatic carbocycles. The zero-order valence-corrected chi connectivity index (χ0v) is 15.2. The van der Waals surface area contributed by atoms with Gasteiger partial charge >= 0.3 is 5.97 Å². The average molecular weight is 370 g/mol. The van der Waals surface area contributed by atoms with Crippen LogP contribution in [0, 0.1) is 0 Å². The van der Waals surface area contributed by atoms with Crippen molar-refractivity contribution in [2.75, 3.05) is 0 Å². The van der Waals surface area contributed by atoms with E-state index in [0.717, 1.165) is 0 Å². The Labute approximate surface area is 151 Å². The van der Waals surface area contributed by atoms with Crippen molar-refractivity contribution >= 4 is 5.97 Å². The van der Waals surface area contributed by atoms with Crippen molar-refractivity contribution in [3.8, 4) is 11.5 Å². The lowest BCUT2D eigenvalue weighted by Crippen LogP contribution is -2.61.